The van der Waals surface area contributed by atoms with Crippen molar-refractivity contribution in [2.75, 3.05) is 19.7 Å². The molecule has 0 spiro atoms. The van der Waals surface area contributed by atoms with Gasteiger partial charge in [-0.05, 0) is 17.7 Å². The van der Waals surface area contributed by atoms with Crippen LogP contribution in [0.25, 0.3) is 0 Å². The van der Waals surface area contributed by atoms with E-state index in [1.54, 1.807) is 4.90 Å². The first-order chi connectivity index (χ1) is 6.15. The van der Waals surface area contributed by atoms with Crippen LogP contribution in [-0.2, 0) is 4.74 Å². The lowest BCUT2D eigenvalue weighted by atomic mass is 10.1. The van der Waals surface area contributed by atoms with Gasteiger partial charge in [0.2, 0.25) is 0 Å². The number of cyclic esters (lactones) is 1. The van der Waals surface area contributed by atoms with Crippen molar-refractivity contribution in [3.63, 3.8) is 0 Å². The zero-order chi connectivity index (χ0) is 9.84. The molecule has 76 valence electrons. The van der Waals surface area contributed by atoms with E-state index in [0.29, 0.717) is 25.6 Å². The van der Waals surface area contributed by atoms with Crippen molar-refractivity contribution in [3.8, 4) is 0 Å². The quantitative estimate of drug-likeness (QED) is 0.703. The number of hydrogen-bond acceptors (Lipinski definition) is 3. The lowest BCUT2D eigenvalue weighted by molar-refractivity contribution is 0.155. The van der Waals surface area contributed by atoms with Gasteiger partial charge in [0.05, 0.1) is 6.54 Å². The van der Waals surface area contributed by atoms with Crippen LogP contribution in [0.15, 0.2) is 0 Å². The van der Waals surface area contributed by atoms with E-state index in [1.807, 2.05) is 0 Å². The van der Waals surface area contributed by atoms with Gasteiger partial charge in [-0.2, -0.15) is 0 Å². The molecule has 0 bridgehead atoms. The Hall–Kier alpha value is -0.480. The molecule has 4 nitrogen and oxygen atoms in total. The third-order valence-electron chi connectivity index (χ3n) is 2.21. The topological polar surface area (TPSA) is 41.6 Å². The van der Waals surface area contributed by atoms with E-state index >= 15 is 0 Å². The maximum Gasteiger partial charge on any atom is 0.409 e. The highest BCUT2D eigenvalue weighted by Gasteiger charge is 2.25. The van der Waals surface area contributed by atoms with Gasteiger partial charge in [0.15, 0.2) is 0 Å². The number of carbonyl (C=O) groups excluding carboxylic acids is 1. The maximum atomic E-state index is 11.1. The number of carbonyl (C=O) groups is 1. The predicted molar refractivity (Wildman–Crippen MR) is 50.5 cm³/mol. The smallest absolute Gasteiger partial charge is 0.409 e. The number of amides is 1. The largest absolute Gasteiger partial charge is 0.448 e. The molecule has 0 aromatic carbocycles. The normalized spacial score (nSPS) is 19.4. The molecule has 13 heavy (non-hydrogen) atoms. The van der Waals surface area contributed by atoms with Crippen molar-refractivity contribution in [3.05, 3.63) is 0 Å². The fourth-order valence-corrected chi connectivity index (χ4v) is 1.52. The first-order valence-electron chi connectivity index (χ1n) is 4.43. The minimum absolute atomic E-state index is 0.118. The molecule has 1 aliphatic rings. The molecule has 5 heteroatoms. The molecule has 0 aliphatic carbocycles. The Kier molecular flexibility index (Phi) is 3.81. The predicted octanol–water partition coefficient (Wildman–Crippen LogP) is 1.21. The Labute approximate surface area is 83.3 Å². The van der Waals surface area contributed by atoms with Crippen molar-refractivity contribution in [1.29, 1.82) is 0 Å². The van der Waals surface area contributed by atoms with E-state index < -0.39 is 0 Å². The molecule has 1 N–H and O–H groups in total. The second-order valence-electron chi connectivity index (χ2n) is 3.52. The number of rotatable bonds is 4. The molecule has 0 saturated carbocycles. The van der Waals surface area contributed by atoms with Crippen LogP contribution >= 0.6 is 11.8 Å². The average Bonchev–Trinajstić information content (AvgIpc) is 2.46. The molecular weight excluding hydrogens is 192 g/mol. The molecule has 1 rings (SSSR count). The summed E-state index contributed by atoms with van der Waals surface area (Å²) in [6.07, 6.45) is -0.238. The Bertz CT molecular complexity index is 187. The maximum absolute atomic E-state index is 11.1. The van der Waals surface area contributed by atoms with Crippen molar-refractivity contribution >= 4 is 17.9 Å². The SMILES string of the molecule is CC(C)[C@@H](CN1CCOC1=O)NCl. The van der Waals surface area contributed by atoms with Crippen LogP contribution < -0.4 is 4.84 Å². The Morgan fingerprint density at radius 2 is 2.38 bits per heavy atom. The number of nitrogens with one attached hydrogen (secondary N) is 1. The Morgan fingerprint density at radius 1 is 1.69 bits per heavy atom. The summed E-state index contributed by atoms with van der Waals surface area (Å²) in [5.74, 6) is 0.394. The minimum Gasteiger partial charge on any atom is -0.448 e. The van der Waals surface area contributed by atoms with Crippen molar-refractivity contribution in [2.45, 2.75) is 19.9 Å². The lowest BCUT2D eigenvalue weighted by Crippen LogP contribution is -2.41. The standard InChI is InChI=1S/C8H15ClN2O2/c1-6(2)7(10-9)5-11-3-4-13-8(11)12/h6-7,10H,3-5H2,1-2H3/t7-/m1/s1. The molecule has 0 aromatic rings. The van der Waals surface area contributed by atoms with Gasteiger partial charge in [-0.3, -0.25) is 0 Å². The number of nitrogens with zero attached hydrogens (tertiary/aromatic N) is 1. The Balaban J connectivity index is 2.41. The molecule has 1 amide bonds. The monoisotopic (exact) mass is 206 g/mol. The minimum atomic E-state index is -0.238. The zero-order valence-electron chi connectivity index (χ0n) is 7.92. The molecule has 0 radical (unpaired) electrons. The van der Waals surface area contributed by atoms with Gasteiger partial charge in [-0.25, -0.2) is 9.63 Å². The summed E-state index contributed by atoms with van der Waals surface area (Å²) in [7, 11) is 0. The second kappa shape index (κ2) is 4.67. The summed E-state index contributed by atoms with van der Waals surface area (Å²) in [4.78, 5) is 15.4. The molecule has 1 atom stereocenters. The second-order valence-corrected chi connectivity index (χ2v) is 3.74. The summed E-state index contributed by atoms with van der Waals surface area (Å²) >= 11 is 5.56. The zero-order valence-corrected chi connectivity index (χ0v) is 8.67. The third kappa shape index (κ3) is 2.74. The van der Waals surface area contributed by atoms with Crippen LogP contribution in [0.2, 0.25) is 0 Å². The van der Waals surface area contributed by atoms with Crippen LogP contribution in [0.5, 0.6) is 0 Å². The van der Waals surface area contributed by atoms with Crippen molar-refractivity contribution in [1.82, 2.24) is 9.74 Å². The molecule has 1 fully saturated rings. The molecule has 0 unspecified atom stereocenters. The molecule has 1 saturated heterocycles. The fourth-order valence-electron chi connectivity index (χ4n) is 1.20. The highest BCUT2D eigenvalue weighted by molar-refractivity contribution is 6.13. The van der Waals surface area contributed by atoms with Crippen LogP contribution in [0, 0.1) is 5.92 Å². The molecule has 1 heterocycles. The van der Waals surface area contributed by atoms with E-state index in [-0.39, 0.29) is 12.1 Å². The summed E-state index contributed by atoms with van der Waals surface area (Å²) < 4.78 is 4.81. The van der Waals surface area contributed by atoms with Crippen molar-refractivity contribution in [2.24, 2.45) is 5.92 Å². The molecule has 0 aromatic heterocycles. The van der Waals surface area contributed by atoms with Gasteiger partial charge < -0.3 is 9.64 Å². The van der Waals surface area contributed by atoms with Gasteiger partial charge in [0, 0.05) is 12.6 Å². The molecular formula is C8H15ClN2O2. The van der Waals surface area contributed by atoms with E-state index in [9.17, 15) is 4.79 Å². The summed E-state index contributed by atoms with van der Waals surface area (Å²) in [6, 6.07) is 0.118. The van der Waals surface area contributed by atoms with E-state index in [2.05, 4.69) is 18.7 Å². The van der Waals surface area contributed by atoms with Crippen LogP contribution in [0.3, 0.4) is 0 Å². The third-order valence-corrected chi connectivity index (χ3v) is 2.49. The van der Waals surface area contributed by atoms with Crippen LogP contribution in [-0.4, -0.2) is 36.7 Å². The van der Waals surface area contributed by atoms with E-state index in [4.69, 9.17) is 16.5 Å². The van der Waals surface area contributed by atoms with Gasteiger partial charge in [-0.15, -0.1) is 0 Å². The van der Waals surface area contributed by atoms with Gasteiger partial charge in [0.1, 0.15) is 6.61 Å². The van der Waals surface area contributed by atoms with Gasteiger partial charge in [-0.1, -0.05) is 13.8 Å². The first kappa shape index (κ1) is 10.6. The summed E-state index contributed by atoms with van der Waals surface area (Å²) in [5, 5.41) is 0. The molecule has 1 aliphatic heterocycles. The summed E-state index contributed by atoms with van der Waals surface area (Å²) in [6.45, 7) is 5.88. The van der Waals surface area contributed by atoms with Gasteiger partial charge >= 0.3 is 6.09 Å². The number of ether oxygens (including phenoxy) is 1. The Morgan fingerprint density at radius 3 is 2.77 bits per heavy atom. The highest BCUT2D eigenvalue weighted by atomic mass is 35.5. The average molecular weight is 207 g/mol. The highest BCUT2D eigenvalue weighted by Crippen LogP contribution is 2.09. The number of hydrogen-bond donors (Lipinski definition) is 1. The van der Waals surface area contributed by atoms with E-state index in [1.165, 1.54) is 0 Å². The lowest BCUT2D eigenvalue weighted by Gasteiger charge is -2.23. The van der Waals surface area contributed by atoms with Crippen molar-refractivity contribution < 1.29 is 9.53 Å². The first-order valence-corrected chi connectivity index (χ1v) is 4.80. The van der Waals surface area contributed by atoms with Crippen LogP contribution in [0.4, 0.5) is 4.79 Å². The number of halogens is 1. The fraction of sp³-hybridized carbons (Fsp3) is 0.875. The van der Waals surface area contributed by atoms with E-state index in [0.717, 1.165) is 0 Å². The summed E-state index contributed by atoms with van der Waals surface area (Å²) in [5.41, 5.74) is 0. The van der Waals surface area contributed by atoms with Gasteiger partial charge in [0.25, 0.3) is 0 Å². The van der Waals surface area contributed by atoms with Crippen LogP contribution in [0.1, 0.15) is 13.8 Å².